The molecule has 0 aliphatic carbocycles. The fraction of sp³-hybridized carbons (Fsp3) is 0.714. The van der Waals surface area contributed by atoms with Gasteiger partial charge in [0.15, 0.2) is 0 Å². The normalized spacial score (nSPS) is 17.9. The predicted molar refractivity (Wildman–Crippen MR) is 79.8 cm³/mol. The summed E-state index contributed by atoms with van der Waals surface area (Å²) in [4.78, 5) is 17.7. The third kappa shape index (κ3) is 4.01. The summed E-state index contributed by atoms with van der Waals surface area (Å²) in [6, 6.07) is -0.414. The van der Waals surface area contributed by atoms with E-state index in [0.29, 0.717) is 19.8 Å². The molecule has 1 unspecified atom stereocenters. The van der Waals surface area contributed by atoms with Crippen molar-refractivity contribution in [1.82, 2.24) is 10.3 Å². The molecule has 1 saturated heterocycles. The minimum atomic E-state index is -0.414. The van der Waals surface area contributed by atoms with Crippen molar-refractivity contribution in [3.8, 4) is 0 Å². The Kier molecular flexibility index (Phi) is 5.51. The number of amides is 1. The molecular weight excluding hydrogens is 274 g/mol. The van der Waals surface area contributed by atoms with Crippen LogP contribution in [0.15, 0.2) is 0 Å². The Morgan fingerprint density at radius 2 is 2.20 bits per heavy atom. The van der Waals surface area contributed by atoms with Crippen molar-refractivity contribution in [2.24, 2.45) is 11.7 Å². The van der Waals surface area contributed by atoms with Gasteiger partial charge in [-0.1, -0.05) is 0 Å². The van der Waals surface area contributed by atoms with Crippen LogP contribution < -0.4 is 11.1 Å². The molecule has 1 aliphatic heterocycles. The van der Waals surface area contributed by atoms with Gasteiger partial charge in [-0.2, -0.15) is 0 Å². The summed E-state index contributed by atoms with van der Waals surface area (Å²) in [6.07, 6.45) is 2.58. The molecule has 3 N–H and O–H groups in total. The summed E-state index contributed by atoms with van der Waals surface area (Å²) in [5.74, 6) is 0.201. The van der Waals surface area contributed by atoms with E-state index in [-0.39, 0.29) is 11.8 Å². The summed E-state index contributed by atoms with van der Waals surface area (Å²) in [6.45, 7) is 6.06. The van der Waals surface area contributed by atoms with Crippen molar-refractivity contribution in [1.29, 1.82) is 0 Å². The molecule has 2 heterocycles. The van der Waals surface area contributed by atoms with Crippen LogP contribution in [-0.2, 0) is 16.0 Å². The molecular formula is C14H23N3O2S. The van der Waals surface area contributed by atoms with E-state index < -0.39 is 6.04 Å². The fourth-order valence-electron chi connectivity index (χ4n) is 2.51. The maximum absolute atomic E-state index is 12.0. The van der Waals surface area contributed by atoms with E-state index in [4.69, 9.17) is 10.5 Å². The van der Waals surface area contributed by atoms with Gasteiger partial charge in [0, 0.05) is 31.1 Å². The third-order valence-corrected chi connectivity index (χ3v) is 4.86. The van der Waals surface area contributed by atoms with Crippen LogP contribution in [0.4, 0.5) is 0 Å². The summed E-state index contributed by atoms with van der Waals surface area (Å²) in [5.41, 5.74) is 7.09. The highest BCUT2D eigenvalue weighted by Crippen LogP contribution is 2.18. The van der Waals surface area contributed by atoms with Crippen molar-refractivity contribution >= 4 is 17.2 Å². The molecule has 20 heavy (non-hydrogen) atoms. The number of nitrogens with two attached hydrogens (primary N) is 1. The van der Waals surface area contributed by atoms with Crippen molar-refractivity contribution in [2.75, 3.05) is 19.8 Å². The number of hydrogen-bond donors (Lipinski definition) is 2. The lowest BCUT2D eigenvalue weighted by molar-refractivity contribution is -0.124. The first-order valence-corrected chi connectivity index (χ1v) is 7.93. The molecule has 0 radical (unpaired) electrons. The minimum absolute atomic E-state index is 0.0456. The smallest absolute Gasteiger partial charge is 0.237 e. The quantitative estimate of drug-likeness (QED) is 0.855. The maximum atomic E-state index is 12.0. The van der Waals surface area contributed by atoms with Crippen LogP contribution in [0, 0.1) is 19.8 Å². The summed E-state index contributed by atoms with van der Waals surface area (Å²) < 4.78 is 5.29. The molecule has 1 aromatic rings. The largest absolute Gasteiger partial charge is 0.381 e. The van der Waals surface area contributed by atoms with Gasteiger partial charge in [-0.25, -0.2) is 4.98 Å². The second-order valence-corrected chi connectivity index (χ2v) is 6.55. The number of carbonyl (C=O) groups is 1. The van der Waals surface area contributed by atoms with Crippen molar-refractivity contribution in [2.45, 2.75) is 39.2 Å². The Morgan fingerprint density at radius 3 is 2.80 bits per heavy atom. The average Bonchev–Trinajstić information content (AvgIpc) is 2.77. The number of ether oxygens (including phenoxy) is 1. The van der Waals surface area contributed by atoms with Gasteiger partial charge >= 0.3 is 0 Å². The van der Waals surface area contributed by atoms with Gasteiger partial charge in [-0.15, -0.1) is 11.3 Å². The van der Waals surface area contributed by atoms with E-state index in [1.54, 1.807) is 11.3 Å². The van der Waals surface area contributed by atoms with E-state index in [1.807, 2.05) is 13.8 Å². The molecule has 0 aromatic carbocycles. The molecule has 2 rings (SSSR count). The van der Waals surface area contributed by atoms with E-state index in [1.165, 1.54) is 4.88 Å². The monoisotopic (exact) mass is 297 g/mol. The van der Waals surface area contributed by atoms with Gasteiger partial charge < -0.3 is 15.8 Å². The van der Waals surface area contributed by atoms with Crippen LogP contribution in [0.25, 0.3) is 0 Å². The van der Waals surface area contributed by atoms with Crippen molar-refractivity contribution in [3.05, 3.63) is 15.6 Å². The second-order valence-electron chi connectivity index (χ2n) is 5.26. The molecule has 1 fully saturated rings. The lowest BCUT2D eigenvalue weighted by Gasteiger charge is -2.26. The fourth-order valence-corrected chi connectivity index (χ4v) is 3.45. The van der Waals surface area contributed by atoms with Crippen LogP contribution in [-0.4, -0.2) is 36.7 Å². The molecule has 0 saturated carbocycles. The molecule has 112 valence electrons. The Bertz CT molecular complexity index is 455. The first kappa shape index (κ1) is 15.4. The van der Waals surface area contributed by atoms with Crippen LogP contribution in [0.2, 0.25) is 0 Å². The average molecular weight is 297 g/mol. The number of hydrogen-bond acceptors (Lipinski definition) is 5. The Balaban J connectivity index is 1.75. The lowest BCUT2D eigenvalue weighted by atomic mass is 9.92. The van der Waals surface area contributed by atoms with Gasteiger partial charge in [0.2, 0.25) is 5.91 Å². The summed E-state index contributed by atoms with van der Waals surface area (Å²) in [7, 11) is 0. The molecule has 1 aliphatic rings. The molecule has 1 atom stereocenters. The zero-order valence-corrected chi connectivity index (χ0v) is 13.0. The number of carbonyl (C=O) groups excluding carboxylic acids is 1. The standard InChI is InChI=1S/C14H23N3O2S/c1-9-12(20-10(2)17-9)3-6-16-14(18)13(15)11-4-7-19-8-5-11/h11,13H,3-8,15H2,1-2H3,(H,16,18). The number of nitrogens with one attached hydrogen (secondary N) is 1. The first-order chi connectivity index (χ1) is 9.58. The third-order valence-electron chi connectivity index (χ3n) is 3.73. The topological polar surface area (TPSA) is 77.2 Å². The zero-order valence-electron chi connectivity index (χ0n) is 12.1. The highest BCUT2D eigenvalue weighted by molar-refractivity contribution is 7.11. The summed E-state index contributed by atoms with van der Waals surface area (Å²) >= 11 is 1.69. The SMILES string of the molecule is Cc1nc(C)c(CCNC(=O)C(N)C2CCOCC2)s1. The molecule has 5 nitrogen and oxygen atoms in total. The molecule has 1 amide bonds. The van der Waals surface area contributed by atoms with E-state index in [0.717, 1.165) is 30.0 Å². The lowest BCUT2D eigenvalue weighted by Crippen LogP contribution is -2.47. The van der Waals surface area contributed by atoms with Crippen molar-refractivity contribution < 1.29 is 9.53 Å². The highest BCUT2D eigenvalue weighted by atomic mass is 32.1. The van der Waals surface area contributed by atoms with Gasteiger partial charge in [0.1, 0.15) is 0 Å². The first-order valence-electron chi connectivity index (χ1n) is 7.12. The second kappa shape index (κ2) is 7.15. The molecule has 0 spiro atoms. The zero-order chi connectivity index (χ0) is 14.5. The van der Waals surface area contributed by atoms with Gasteiger partial charge in [0.25, 0.3) is 0 Å². The number of nitrogens with zero attached hydrogens (tertiary/aromatic N) is 1. The van der Waals surface area contributed by atoms with Crippen molar-refractivity contribution in [3.63, 3.8) is 0 Å². The molecule has 0 bridgehead atoms. The van der Waals surface area contributed by atoms with Crippen LogP contribution in [0.3, 0.4) is 0 Å². The highest BCUT2D eigenvalue weighted by Gasteiger charge is 2.26. The van der Waals surface area contributed by atoms with Crippen LogP contribution in [0.1, 0.15) is 28.4 Å². The summed E-state index contributed by atoms with van der Waals surface area (Å²) in [5, 5.41) is 4.01. The van der Waals surface area contributed by atoms with Gasteiger partial charge in [-0.3, -0.25) is 4.79 Å². The maximum Gasteiger partial charge on any atom is 0.237 e. The number of rotatable bonds is 5. The van der Waals surface area contributed by atoms with Crippen LogP contribution in [0.5, 0.6) is 0 Å². The van der Waals surface area contributed by atoms with E-state index in [2.05, 4.69) is 10.3 Å². The number of aryl methyl sites for hydroxylation is 2. The Morgan fingerprint density at radius 1 is 1.50 bits per heavy atom. The van der Waals surface area contributed by atoms with Gasteiger partial charge in [0.05, 0.1) is 16.7 Å². The predicted octanol–water partition coefficient (Wildman–Crippen LogP) is 1.17. The van der Waals surface area contributed by atoms with Gasteiger partial charge in [-0.05, 0) is 32.6 Å². The van der Waals surface area contributed by atoms with E-state index >= 15 is 0 Å². The van der Waals surface area contributed by atoms with Crippen LogP contribution >= 0.6 is 11.3 Å². The Hall–Kier alpha value is -0.980. The molecule has 1 aromatic heterocycles. The molecule has 6 heteroatoms. The number of thiazole rings is 1. The minimum Gasteiger partial charge on any atom is -0.381 e. The Labute approximate surface area is 123 Å². The number of aromatic nitrogens is 1. The van der Waals surface area contributed by atoms with E-state index in [9.17, 15) is 4.79 Å².